The molecule has 2 heterocycles. The highest BCUT2D eigenvalue weighted by atomic mass is 16.7. The monoisotopic (exact) mass is 439 g/mol. The fourth-order valence-corrected chi connectivity index (χ4v) is 3.22. The minimum Gasteiger partial charge on any atom is -0.454 e. The van der Waals surface area contributed by atoms with Crippen LogP contribution in [0.5, 0.6) is 11.5 Å². The third-order valence-electron chi connectivity index (χ3n) is 4.95. The maximum Gasteiger partial charge on any atom is 0.248 e. The first kappa shape index (κ1) is 21.8. The molecule has 0 N–H and O–H groups in total. The van der Waals surface area contributed by atoms with E-state index in [9.17, 15) is 4.79 Å². The summed E-state index contributed by atoms with van der Waals surface area (Å²) in [5, 5.41) is 4.04. The molecule has 0 unspecified atom stereocenters. The van der Waals surface area contributed by atoms with Gasteiger partial charge in [0.05, 0.1) is 13.2 Å². The summed E-state index contributed by atoms with van der Waals surface area (Å²) in [6.07, 6.45) is 0.422. The van der Waals surface area contributed by atoms with Crippen molar-refractivity contribution in [2.75, 3.05) is 40.2 Å². The van der Waals surface area contributed by atoms with Gasteiger partial charge in [-0.25, -0.2) is 0 Å². The van der Waals surface area contributed by atoms with Gasteiger partial charge in [-0.2, -0.15) is 4.98 Å². The summed E-state index contributed by atoms with van der Waals surface area (Å²) in [4.78, 5) is 18.8. The lowest BCUT2D eigenvalue weighted by Crippen LogP contribution is -2.38. The van der Waals surface area contributed by atoms with E-state index < -0.39 is 0 Å². The highest BCUT2D eigenvalue weighted by Crippen LogP contribution is 2.35. The number of hydrogen-bond acceptors (Lipinski definition) is 8. The molecule has 9 heteroatoms. The molecule has 0 fully saturated rings. The van der Waals surface area contributed by atoms with Gasteiger partial charge in [-0.05, 0) is 23.8 Å². The van der Waals surface area contributed by atoms with Crippen LogP contribution < -0.4 is 9.47 Å². The lowest BCUT2D eigenvalue weighted by Gasteiger charge is -2.21. The topological polar surface area (TPSA) is 96.2 Å². The summed E-state index contributed by atoms with van der Waals surface area (Å²) in [6.45, 7) is 1.87. The molecule has 0 radical (unpaired) electrons. The average molecular weight is 439 g/mol. The molecule has 1 aliphatic rings. The summed E-state index contributed by atoms with van der Waals surface area (Å²) in [7, 11) is 1.60. The predicted octanol–water partition coefficient (Wildman–Crippen LogP) is 2.70. The Morgan fingerprint density at radius 2 is 1.94 bits per heavy atom. The van der Waals surface area contributed by atoms with Crippen LogP contribution in [0.1, 0.15) is 11.5 Å². The zero-order valence-electron chi connectivity index (χ0n) is 17.9. The number of amides is 1. The van der Waals surface area contributed by atoms with E-state index in [-0.39, 0.29) is 19.3 Å². The first-order valence-corrected chi connectivity index (χ1v) is 10.3. The van der Waals surface area contributed by atoms with Gasteiger partial charge < -0.3 is 28.4 Å². The second-order valence-corrected chi connectivity index (χ2v) is 7.18. The Kier molecular flexibility index (Phi) is 7.31. The molecule has 9 nitrogen and oxygen atoms in total. The molecule has 3 aromatic rings. The summed E-state index contributed by atoms with van der Waals surface area (Å²) in [6, 6.07) is 15.2. The normalized spacial score (nSPS) is 12.2. The third-order valence-corrected chi connectivity index (χ3v) is 4.95. The molecule has 0 spiro atoms. The van der Waals surface area contributed by atoms with Crippen LogP contribution in [0.2, 0.25) is 0 Å². The van der Waals surface area contributed by atoms with E-state index in [2.05, 4.69) is 10.1 Å². The van der Waals surface area contributed by atoms with Crippen LogP contribution >= 0.6 is 0 Å². The van der Waals surface area contributed by atoms with Crippen molar-refractivity contribution in [3.63, 3.8) is 0 Å². The van der Waals surface area contributed by atoms with E-state index in [4.69, 9.17) is 23.5 Å². The van der Waals surface area contributed by atoms with Gasteiger partial charge in [0.1, 0.15) is 6.61 Å². The van der Waals surface area contributed by atoms with Crippen LogP contribution in [0.15, 0.2) is 53.1 Å². The van der Waals surface area contributed by atoms with Crippen LogP contribution in [-0.2, 0) is 27.3 Å². The Morgan fingerprint density at radius 3 is 2.78 bits per heavy atom. The summed E-state index contributed by atoms with van der Waals surface area (Å²) in [5.41, 5.74) is 1.79. The lowest BCUT2D eigenvalue weighted by molar-refractivity contribution is -0.137. The van der Waals surface area contributed by atoms with E-state index >= 15 is 0 Å². The van der Waals surface area contributed by atoms with Gasteiger partial charge in [0, 0.05) is 32.2 Å². The maximum atomic E-state index is 12.6. The standard InChI is InChI=1S/C23H25N3O6/c1-28-12-11-26(22(27)15-29-14-17-5-3-2-4-6-17)10-9-21-24-23(25-32-21)18-7-8-19-20(13-18)31-16-30-19/h2-8,13H,9-12,14-16H2,1H3. The van der Waals surface area contributed by atoms with Crippen molar-refractivity contribution in [2.24, 2.45) is 0 Å². The van der Waals surface area contributed by atoms with Crippen molar-refractivity contribution in [1.82, 2.24) is 15.0 Å². The Labute approximate surface area is 185 Å². The Balaban J connectivity index is 1.31. The molecular weight excluding hydrogens is 414 g/mol. The fraction of sp³-hybridized carbons (Fsp3) is 0.348. The third kappa shape index (κ3) is 5.63. The number of aromatic nitrogens is 2. The van der Waals surface area contributed by atoms with E-state index in [1.165, 1.54) is 0 Å². The van der Waals surface area contributed by atoms with E-state index in [0.717, 1.165) is 11.1 Å². The largest absolute Gasteiger partial charge is 0.454 e. The molecule has 4 rings (SSSR count). The highest BCUT2D eigenvalue weighted by Gasteiger charge is 2.18. The number of methoxy groups -OCH3 is 1. The number of hydrogen-bond donors (Lipinski definition) is 0. The zero-order chi connectivity index (χ0) is 22.2. The number of rotatable bonds is 11. The van der Waals surface area contributed by atoms with Crippen LogP contribution in [0.4, 0.5) is 0 Å². The van der Waals surface area contributed by atoms with Crippen LogP contribution in [0.25, 0.3) is 11.4 Å². The fourth-order valence-electron chi connectivity index (χ4n) is 3.22. The molecule has 2 aromatic carbocycles. The van der Waals surface area contributed by atoms with Crippen LogP contribution in [-0.4, -0.2) is 61.2 Å². The molecule has 32 heavy (non-hydrogen) atoms. The summed E-state index contributed by atoms with van der Waals surface area (Å²) >= 11 is 0. The van der Waals surface area contributed by atoms with Gasteiger partial charge in [-0.15, -0.1) is 0 Å². The maximum absolute atomic E-state index is 12.6. The second kappa shape index (κ2) is 10.7. The van der Waals surface area contributed by atoms with Gasteiger partial charge >= 0.3 is 0 Å². The minimum atomic E-state index is -0.117. The van der Waals surface area contributed by atoms with Gasteiger partial charge in [0.15, 0.2) is 11.5 Å². The first-order chi connectivity index (χ1) is 15.7. The molecule has 168 valence electrons. The molecule has 0 aliphatic carbocycles. The molecular formula is C23H25N3O6. The quantitative estimate of drug-likeness (QED) is 0.450. The van der Waals surface area contributed by atoms with Gasteiger partial charge in [0.2, 0.25) is 24.4 Å². The van der Waals surface area contributed by atoms with E-state index in [1.807, 2.05) is 48.5 Å². The van der Waals surface area contributed by atoms with Crippen molar-refractivity contribution in [3.8, 4) is 22.9 Å². The first-order valence-electron chi connectivity index (χ1n) is 10.3. The number of carbonyl (C=O) groups is 1. The van der Waals surface area contributed by atoms with Crippen molar-refractivity contribution in [1.29, 1.82) is 0 Å². The molecule has 0 saturated carbocycles. The number of fused-ring (bicyclic) bond motifs is 1. The SMILES string of the molecule is COCCN(CCc1nc(-c2ccc3c(c2)OCO3)no1)C(=O)COCc1ccccc1. The zero-order valence-corrected chi connectivity index (χ0v) is 17.9. The summed E-state index contributed by atoms with van der Waals surface area (Å²) < 4.78 is 26.8. The van der Waals surface area contributed by atoms with Crippen LogP contribution in [0.3, 0.4) is 0 Å². The van der Waals surface area contributed by atoms with Crippen molar-refractivity contribution >= 4 is 5.91 Å². The van der Waals surface area contributed by atoms with E-state index in [1.54, 1.807) is 12.0 Å². The van der Waals surface area contributed by atoms with Crippen LogP contribution in [0, 0.1) is 0 Å². The molecule has 0 atom stereocenters. The highest BCUT2D eigenvalue weighted by molar-refractivity contribution is 5.77. The molecule has 1 aromatic heterocycles. The van der Waals surface area contributed by atoms with E-state index in [0.29, 0.717) is 55.9 Å². The number of benzene rings is 2. The number of nitrogens with zero attached hydrogens (tertiary/aromatic N) is 3. The molecule has 1 aliphatic heterocycles. The lowest BCUT2D eigenvalue weighted by atomic mass is 10.2. The van der Waals surface area contributed by atoms with Gasteiger partial charge in [-0.3, -0.25) is 4.79 Å². The van der Waals surface area contributed by atoms with Crippen molar-refractivity contribution in [2.45, 2.75) is 13.0 Å². The van der Waals surface area contributed by atoms with Gasteiger partial charge in [0.25, 0.3) is 0 Å². The minimum absolute atomic E-state index is 0.00904. The van der Waals surface area contributed by atoms with Gasteiger partial charge in [-0.1, -0.05) is 35.5 Å². The van der Waals surface area contributed by atoms with Crippen molar-refractivity contribution in [3.05, 3.63) is 60.0 Å². The average Bonchev–Trinajstić information content (AvgIpc) is 3.49. The number of ether oxygens (including phenoxy) is 4. The molecule has 0 saturated heterocycles. The molecule has 1 amide bonds. The Hall–Kier alpha value is -3.43. The summed E-state index contributed by atoms with van der Waals surface area (Å²) in [5.74, 6) is 2.13. The Bertz CT molecular complexity index is 1020. The second-order valence-electron chi connectivity index (χ2n) is 7.18. The van der Waals surface area contributed by atoms with Crippen molar-refractivity contribution < 1.29 is 28.3 Å². The smallest absolute Gasteiger partial charge is 0.248 e. The number of carbonyl (C=O) groups excluding carboxylic acids is 1. The predicted molar refractivity (Wildman–Crippen MR) is 114 cm³/mol. The Morgan fingerprint density at radius 1 is 1.09 bits per heavy atom. The molecule has 0 bridgehead atoms.